The molecule has 1 aliphatic rings. The Kier molecular flexibility index (Phi) is 2.65. The van der Waals surface area contributed by atoms with Gasteiger partial charge in [-0.3, -0.25) is 4.79 Å². The fourth-order valence-electron chi connectivity index (χ4n) is 0.826. The van der Waals surface area contributed by atoms with Crippen molar-refractivity contribution in [1.82, 2.24) is 0 Å². The topological polar surface area (TPSA) is 44.8 Å². The Morgan fingerprint density at radius 1 is 1.80 bits per heavy atom. The van der Waals surface area contributed by atoms with Gasteiger partial charge in [-0.15, -0.1) is 0 Å². The summed E-state index contributed by atoms with van der Waals surface area (Å²) < 4.78 is 14.7. The Bertz CT molecular complexity index is 114. The lowest BCUT2D eigenvalue weighted by atomic mass is 10.4. The number of carbonyl (C=O) groups excluding carboxylic acids is 1. The van der Waals surface area contributed by atoms with Gasteiger partial charge in [0.15, 0.2) is 6.29 Å². The SMILES string of the molecule is CC1OC[C@@H](COC=O)O1. The minimum absolute atomic E-state index is 0.0831. The zero-order valence-corrected chi connectivity index (χ0v) is 5.78. The summed E-state index contributed by atoms with van der Waals surface area (Å²) in [6, 6.07) is 0. The van der Waals surface area contributed by atoms with Gasteiger partial charge in [0.05, 0.1) is 6.61 Å². The summed E-state index contributed by atoms with van der Waals surface area (Å²) in [6.07, 6.45) is -0.250. The summed E-state index contributed by atoms with van der Waals surface area (Å²) in [4.78, 5) is 9.72. The minimum atomic E-state index is -0.166. The first-order valence-corrected chi connectivity index (χ1v) is 3.15. The molecular formula is C6H10O4. The highest BCUT2D eigenvalue weighted by Crippen LogP contribution is 2.09. The van der Waals surface area contributed by atoms with E-state index in [1.165, 1.54) is 0 Å². The van der Waals surface area contributed by atoms with E-state index in [0.29, 0.717) is 13.1 Å². The Labute approximate surface area is 59.1 Å². The summed E-state index contributed by atoms with van der Waals surface area (Å²) in [7, 11) is 0. The van der Waals surface area contributed by atoms with Crippen molar-refractivity contribution in [3.8, 4) is 0 Å². The molecule has 4 heteroatoms. The third-order valence-electron chi connectivity index (χ3n) is 1.25. The van der Waals surface area contributed by atoms with Crippen LogP contribution in [0.4, 0.5) is 0 Å². The summed E-state index contributed by atoms with van der Waals surface area (Å²) in [5.74, 6) is 0. The molecule has 10 heavy (non-hydrogen) atoms. The van der Waals surface area contributed by atoms with Crippen LogP contribution >= 0.6 is 0 Å². The predicted octanol–water partition coefficient (Wildman–Crippen LogP) is -0.0792. The van der Waals surface area contributed by atoms with E-state index in [-0.39, 0.29) is 19.0 Å². The number of carbonyl (C=O) groups is 1. The molecule has 0 aromatic heterocycles. The number of hydrogen-bond acceptors (Lipinski definition) is 4. The van der Waals surface area contributed by atoms with Gasteiger partial charge in [0, 0.05) is 0 Å². The lowest BCUT2D eigenvalue weighted by Crippen LogP contribution is -2.17. The zero-order valence-electron chi connectivity index (χ0n) is 5.78. The van der Waals surface area contributed by atoms with Gasteiger partial charge in [0.2, 0.25) is 0 Å². The fraction of sp³-hybridized carbons (Fsp3) is 0.833. The summed E-state index contributed by atoms with van der Waals surface area (Å²) in [5, 5.41) is 0. The van der Waals surface area contributed by atoms with Gasteiger partial charge in [-0.05, 0) is 6.92 Å². The van der Waals surface area contributed by atoms with Gasteiger partial charge in [-0.25, -0.2) is 0 Å². The van der Waals surface area contributed by atoms with Gasteiger partial charge < -0.3 is 14.2 Å². The van der Waals surface area contributed by atoms with Gasteiger partial charge in [-0.1, -0.05) is 0 Å². The van der Waals surface area contributed by atoms with Crippen LogP contribution in [0.25, 0.3) is 0 Å². The maximum atomic E-state index is 9.72. The van der Waals surface area contributed by atoms with Crippen LogP contribution < -0.4 is 0 Å². The molecule has 4 nitrogen and oxygen atoms in total. The van der Waals surface area contributed by atoms with Crippen LogP contribution in [0.2, 0.25) is 0 Å². The highest BCUT2D eigenvalue weighted by atomic mass is 16.7. The molecule has 1 unspecified atom stereocenters. The van der Waals surface area contributed by atoms with Crippen molar-refractivity contribution >= 4 is 6.47 Å². The van der Waals surface area contributed by atoms with E-state index in [1.54, 1.807) is 6.92 Å². The second-order valence-electron chi connectivity index (χ2n) is 2.09. The summed E-state index contributed by atoms with van der Waals surface area (Å²) in [6.45, 7) is 3.01. The van der Waals surface area contributed by atoms with E-state index in [9.17, 15) is 4.79 Å². The molecule has 0 bridgehead atoms. The first kappa shape index (κ1) is 7.50. The van der Waals surface area contributed by atoms with Crippen LogP contribution in [0, 0.1) is 0 Å². The largest absolute Gasteiger partial charge is 0.465 e. The molecule has 1 rings (SSSR count). The average molecular weight is 146 g/mol. The van der Waals surface area contributed by atoms with Crippen molar-refractivity contribution in [1.29, 1.82) is 0 Å². The summed E-state index contributed by atoms with van der Waals surface area (Å²) in [5.41, 5.74) is 0. The first-order chi connectivity index (χ1) is 4.83. The Morgan fingerprint density at radius 3 is 3.10 bits per heavy atom. The van der Waals surface area contributed by atoms with Crippen LogP contribution in [-0.4, -0.2) is 32.1 Å². The van der Waals surface area contributed by atoms with Crippen LogP contribution in [0.3, 0.4) is 0 Å². The first-order valence-electron chi connectivity index (χ1n) is 3.15. The Balaban J connectivity index is 2.12. The molecule has 2 atom stereocenters. The van der Waals surface area contributed by atoms with E-state index in [1.807, 2.05) is 0 Å². The lowest BCUT2D eigenvalue weighted by molar-refractivity contribution is -0.132. The number of rotatable bonds is 3. The molecular weight excluding hydrogens is 136 g/mol. The second kappa shape index (κ2) is 3.53. The number of hydrogen-bond donors (Lipinski definition) is 0. The lowest BCUT2D eigenvalue weighted by Gasteiger charge is -2.05. The average Bonchev–Trinajstić information content (AvgIpc) is 2.31. The Hall–Kier alpha value is -0.610. The zero-order chi connectivity index (χ0) is 7.40. The van der Waals surface area contributed by atoms with E-state index in [2.05, 4.69) is 4.74 Å². The molecule has 0 amide bonds. The van der Waals surface area contributed by atoms with Gasteiger partial charge >= 0.3 is 0 Å². The third kappa shape index (κ3) is 1.97. The molecule has 0 aromatic rings. The van der Waals surface area contributed by atoms with Crippen molar-refractivity contribution in [2.75, 3.05) is 13.2 Å². The van der Waals surface area contributed by atoms with Crippen LogP contribution in [0.15, 0.2) is 0 Å². The van der Waals surface area contributed by atoms with Crippen molar-refractivity contribution in [3.05, 3.63) is 0 Å². The molecule has 58 valence electrons. The highest BCUT2D eigenvalue weighted by Gasteiger charge is 2.22. The van der Waals surface area contributed by atoms with Crippen molar-refractivity contribution in [2.24, 2.45) is 0 Å². The number of ether oxygens (including phenoxy) is 3. The van der Waals surface area contributed by atoms with Gasteiger partial charge in [-0.2, -0.15) is 0 Å². The van der Waals surface area contributed by atoms with Gasteiger partial charge in [0.1, 0.15) is 12.7 Å². The Morgan fingerprint density at radius 2 is 2.60 bits per heavy atom. The molecule has 0 radical (unpaired) electrons. The van der Waals surface area contributed by atoms with E-state index in [0.717, 1.165) is 0 Å². The van der Waals surface area contributed by atoms with Crippen LogP contribution in [0.5, 0.6) is 0 Å². The molecule has 0 saturated carbocycles. The molecule has 0 aliphatic carbocycles. The normalized spacial score (nSPS) is 32.1. The fourth-order valence-corrected chi connectivity index (χ4v) is 0.826. The maximum Gasteiger partial charge on any atom is 0.293 e. The monoisotopic (exact) mass is 146 g/mol. The molecule has 0 aromatic carbocycles. The van der Waals surface area contributed by atoms with Crippen LogP contribution in [0.1, 0.15) is 6.92 Å². The van der Waals surface area contributed by atoms with E-state index < -0.39 is 0 Å². The molecule has 1 heterocycles. The van der Waals surface area contributed by atoms with E-state index in [4.69, 9.17) is 9.47 Å². The van der Waals surface area contributed by atoms with Gasteiger partial charge in [0.25, 0.3) is 6.47 Å². The minimum Gasteiger partial charge on any atom is -0.465 e. The third-order valence-corrected chi connectivity index (χ3v) is 1.25. The standard InChI is InChI=1S/C6H10O4/c1-5-9-3-6(10-5)2-8-4-7/h4-6H,2-3H2,1H3/t5?,6-/m1/s1. The van der Waals surface area contributed by atoms with E-state index >= 15 is 0 Å². The summed E-state index contributed by atoms with van der Waals surface area (Å²) >= 11 is 0. The molecule has 1 aliphatic heterocycles. The van der Waals surface area contributed by atoms with Crippen LogP contribution in [-0.2, 0) is 19.0 Å². The van der Waals surface area contributed by atoms with Crippen molar-refractivity contribution in [2.45, 2.75) is 19.3 Å². The predicted molar refractivity (Wildman–Crippen MR) is 32.3 cm³/mol. The molecule has 0 spiro atoms. The van der Waals surface area contributed by atoms with Crippen molar-refractivity contribution in [3.63, 3.8) is 0 Å². The highest BCUT2D eigenvalue weighted by molar-refractivity contribution is 5.36. The quantitative estimate of drug-likeness (QED) is 0.522. The molecule has 0 N–H and O–H groups in total. The molecule has 1 fully saturated rings. The maximum absolute atomic E-state index is 9.72. The van der Waals surface area contributed by atoms with Crippen molar-refractivity contribution < 1.29 is 19.0 Å². The molecule has 1 saturated heterocycles. The second-order valence-corrected chi connectivity index (χ2v) is 2.09. The smallest absolute Gasteiger partial charge is 0.293 e.